The van der Waals surface area contributed by atoms with Crippen LogP contribution < -0.4 is 0 Å². The third-order valence-corrected chi connectivity index (χ3v) is 4.06. The molecule has 0 fully saturated rings. The smallest absolute Gasteiger partial charge is 0.0146 e. The van der Waals surface area contributed by atoms with Crippen molar-refractivity contribution in [2.75, 3.05) is 0 Å². The normalized spacial score (nSPS) is 11.2. The van der Waals surface area contributed by atoms with Gasteiger partial charge in [0.25, 0.3) is 0 Å². The number of hydrogen-bond donors (Lipinski definition) is 0. The van der Waals surface area contributed by atoms with Crippen LogP contribution in [0.3, 0.4) is 0 Å². The summed E-state index contributed by atoms with van der Waals surface area (Å²) in [5.74, 6) is 0. The molecule has 0 saturated heterocycles. The highest BCUT2D eigenvalue weighted by molar-refractivity contribution is 6.02. The van der Waals surface area contributed by atoms with Gasteiger partial charge < -0.3 is 0 Å². The largest absolute Gasteiger partial charge is 0.0616 e. The molecule has 0 N–H and O–H groups in total. The maximum atomic E-state index is 3.93. The van der Waals surface area contributed by atoms with E-state index in [0.717, 1.165) is 6.42 Å². The minimum Gasteiger partial charge on any atom is -0.0616 e. The van der Waals surface area contributed by atoms with Gasteiger partial charge in [-0.2, -0.15) is 0 Å². The van der Waals surface area contributed by atoms with Gasteiger partial charge >= 0.3 is 0 Å². The van der Waals surface area contributed by atoms with E-state index in [2.05, 4.69) is 61.5 Å². The van der Waals surface area contributed by atoms with Crippen molar-refractivity contribution in [2.45, 2.75) is 32.1 Å². The second kappa shape index (κ2) is 6.09. The predicted octanol–water partition coefficient (Wildman–Crippen LogP) is 5.93. The van der Waals surface area contributed by atoms with E-state index in [9.17, 15) is 0 Å². The third kappa shape index (κ3) is 2.56. The summed E-state index contributed by atoms with van der Waals surface area (Å²) in [4.78, 5) is 0. The lowest BCUT2D eigenvalue weighted by molar-refractivity contribution is 0.689. The average molecular weight is 261 g/mol. The van der Waals surface area contributed by atoms with E-state index in [0.29, 0.717) is 0 Å². The molecule has 3 aromatic rings. The fourth-order valence-electron chi connectivity index (χ4n) is 3.03. The Kier molecular flexibility index (Phi) is 4.01. The van der Waals surface area contributed by atoms with Crippen molar-refractivity contribution in [3.8, 4) is 0 Å². The predicted molar refractivity (Wildman–Crippen MR) is 89.0 cm³/mol. The van der Waals surface area contributed by atoms with Crippen molar-refractivity contribution in [2.24, 2.45) is 0 Å². The molecule has 0 heterocycles. The van der Waals surface area contributed by atoms with Gasteiger partial charge in [0.1, 0.15) is 0 Å². The molecule has 0 aliphatic carbocycles. The van der Waals surface area contributed by atoms with Crippen LogP contribution in [0.1, 0.15) is 31.2 Å². The number of fused-ring (bicyclic) bond motifs is 2. The van der Waals surface area contributed by atoms with E-state index in [1.54, 1.807) is 0 Å². The van der Waals surface area contributed by atoms with Gasteiger partial charge in [-0.05, 0) is 46.0 Å². The molecule has 0 heteroatoms. The monoisotopic (exact) mass is 261 g/mol. The summed E-state index contributed by atoms with van der Waals surface area (Å²) < 4.78 is 0. The van der Waals surface area contributed by atoms with Gasteiger partial charge in [0, 0.05) is 0 Å². The van der Waals surface area contributed by atoms with E-state index in [4.69, 9.17) is 0 Å². The summed E-state index contributed by atoms with van der Waals surface area (Å²) in [6.07, 6.45) is 6.00. The van der Waals surface area contributed by atoms with E-state index in [-0.39, 0.29) is 0 Å². The molecular weight excluding hydrogens is 240 g/mol. The molecule has 20 heavy (non-hydrogen) atoms. The summed E-state index contributed by atoms with van der Waals surface area (Å²) in [6.45, 7) is 3.93. The Labute approximate surface area is 121 Å². The minimum atomic E-state index is 1.05. The number of benzene rings is 3. The molecule has 0 aliphatic heterocycles. The zero-order valence-electron chi connectivity index (χ0n) is 11.9. The number of hydrogen-bond acceptors (Lipinski definition) is 0. The Morgan fingerprint density at radius 1 is 0.700 bits per heavy atom. The van der Waals surface area contributed by atoms with Crippen LogP contribution in [-0.2, 0) is 6.42 Å². The summed E-state index contributed by atoms with van der Waals surface area (Å²) in [7, 11) is 0. The van der Waals surface area contributed by atoms with Crippen LogP contribution in [0, 0.1) is 6.92 Å². The fraction of sp³-hybridized carbons (Fsp3) is 0.250. The molecule has 0 atom stereocenters. The van der Waals surface area contributed by atoms with Gasteiger partial charge in [-0.3, -0.25) is 0 Å². The Bertz CT molecular complexity index is 655. The lowest BCUT2D eigenvalue weighted by atomic mass is 9.93. The zero-order chi connectivity index (χ0) is 13.8. The number of unbranched alkanes of at least 4 members (excludes halogenated alkanes) is 3. The highest BCUT2D eigenvalue weighted by atomic mass is 14.1. The van der Waals surface area contributed by atoms with Crippen LogP contribution in [0.15, 0.2) is 54.6 Å². The zero-order valence-corrected chi connectivity index (χ0v) is 11.9. The summed E-state index contributed by atoms with van der Waals surface area (Å²) >= 11 is 0. The maximum Gasteiger partial charge on any atom is -0.0146 e. The lowest BCUT2D eigenvalue weighted by Crippen LogP contribution is -1.91. The summed E-state index contributed by atoms with van der Waals surface area (Å²) in [5, 5.41) is 5.55. The van der Waals surface area contributed by atoms with Gasteiger partial charge in [0.15, 0.2) is 0 Å². The van der Waals surface area contributed by atoms with Crippen molar-refractivity contribution in [3.05, 3.63) is 67.1 Å². The van der Waals surface area contributed by atoms with Crippen LogP contribution in [0.25, 0.3) is 21.5 Å². The van der Waals surface area contributed by atoms with Crippen molar-refractivity contribution in [1.29, 1.82) is 0 Å². The van der Waals surface area contributed by atoms with Gasteiger partial charge in [-0.15, -0.1) is 0 Å². The first kappa shape index (κ1) is 13.2. The molecule has 0 aromatic heterocycles. The molecule has 3 aromatic carbocycles. The van der Waals surface area contributed by atoms with Gasteiger partial charge in [0.2, 0.25) is 0 Å². The minimum absolute atomic E-state index is 1.05. The first-order valence-corrected chi connectivity index (χ1v) is 7.59. The number of rotatable bonds is 5. The molecule has 0 unspecified atom stereocenters. The first-order valence-electron chi connectivity index (χ1n) is 7.59. The van der Waals surface area contributed by atoms with Gasteiger partial charge in [-0.25, -0.2) is 0 Å². The maximum absolute atomic E-state index is 3.93. The molecule has 3 rings (SSSR count). The van der Waals surface area contributed by atoms with Crippen LogP contribution >= 0.6 is 0 Å². The lowest BCUT2D eigenvalue weighted by Gasteiger charge is -2.11. The number of aryl methyl sites for hydroxylation is 1. The van der Waals surface area contributed by atoms with Crippen molar-refractivity contribution >= 4 is 21.5 Å². The quantitative estimate of drug-likeness (QED) is 0.394. The SMILES string of the molecule is [CH2]CCCCCc1c2ccccc2cc2ccccc12. The Morgan fingerprint density at radius 3 is 1.90 bits per heavy atom. The van der Waals surface area contributed by atoms with E-state index in [1.807, 2.05) is 0 Å². The topological polar surface area (TPSA) is 0 Å². The van der Waals surface area contributed by atoms with Crippen LogP contribution in [0.5, 0.6) is 0 Å². The second-order valence-corrected chi connectivity index (χ2v) is 5.46. The highest BCUT2D eigenvalue weighted by Crippen LogP contribution is 2.29. The molecule has 0 bridgehead atoms. The first-order chi connectivity index (χ1) is 9.90. The van der Waals surface area contributed by atoms with E-state index >= 15 is 0 Å². The third-order valence-electron chi connectivity index (χ3n) is 4.06. The van der Waals surface area contributed by atoms with Crippen molar-refractivity contribution < 1.29 is 0 Å². The van der Waals surface area contributed by atoms with Crippen molar-refractivity contribution in [3.63, 3.8) is 0 Å². The molecule has 0 spiro atoms. The fourth-order valence-corrected chi connectivity index (χ4v) is 3.03. The Hall–Kier alpha value is -1.82. The molecule has 0 amide bonds. The molecule has 101 valence electrons. The van der Waals surface area contributed by atoms with Crippen LogP contribution in [0.2, 0.25) is 0 Å². The molecular formula is C20H21. The molecule has 0 nitrogen and oxygen atoms in total. The summed E-state index contributed by atoms with van der Waals surface area (Å²) in [5.41, 5.74) is 1.52. The standard InChI is InChI=1S/C20H21/c1-2-3-4-5-14-20-18-12-8-6-10-16(18)15-17-11-7-9-13-19(17)20/h6-13,15H,1-5,14H2. The molecule has 0 aliphatic rings. The Balaban J connectivity index is 2.08. The van der Waals surface area contributed by atoms with E-state index < -0.39 is 0 Å². The average Bonchev–Trinajstić information content (AvgIpc) is 2.50. The molecule has 0 saturated carbocycles. The van der Waals surface area contributed by atoms with E-state index in [1.165, 1.54) is 52.8 Å². The Morgan fingerprint density at radius 2 is 1.30 bits per heavy atom. The van der Waals surface area contributed by atoms with Gasteiger partial charge in [0.05, 0.1) is 0 Å². The highest BCUT2D eigenvalue weighted by Gasteiger charge is 2.06. The second-order valence-electron chi connectivity index (χ2n) is 5.46. The summed E-state index contributed by atoms with van der Waals surface area (Å²) in [6, 6.07) is 19.8. The molecule has 1 radical (unpaired) electrons. The van der Waals surface area contributed by atoms with Crippen LogP contribution in [-0.4, -0.2) is 0 Å². The van der Waals surface area contributed by atoms with Crippen molar-refractivity contribution in [1.82, 2.24) is 0 Å². The van der Waals surface area contributed by atoms with Gasteiger partial charge in [-0.1, -0.05) is 74.7 Å². The van der Waals surface area contributed by atoms with Crippen LogP contribution in [0.4, 0.5) is 0 Å².